The molecular formula is C18H21ClN2O3S. The summed E-state index contributed by atoms with van der Waals surface area (Å²) < 4.78 is 25.8. The van der Waals surface area contributed by atoms with Crippen LogP contribution in [0.2, 0.25) is 5.02 Å². The summed E-state index contributed by atoms with van der Waals surface area (Å²) in [5.74, 6) is -0.277. The number of halogens is 1. The Labute approximate surface area is 153 Å². The van der Waals surface area contributed by atoms with Gasteiger partial charge in [0.25, 0.3) is 0 Å². The van der Waals surface area contributed by atoms with Crippen molar-refractivity contribution in [1.82, 2.24) is 4.72 Å². The summed E-state index contributed by atoms with van der Waals surface area (Å²) in [4.78, 5) is 12.4. The minimum absolute atomic E-state index is 0.0261. The van der Waals surface area contributed by atoms with Crippen molar-refractivity contribution < 1.29 is 13.2 Å². The number of sulfonamides is 1. The van der Waals surface area contributed by atoms with E-state index >= 15 is 0 Å². The van der Waals surface area contributed by atoms with E-state index < -0.39 is 16.1 Å². The molecule has 0 saturated heterocycles. The lowest BCUT2D eigenvalue weighted by Crippen LogP contribution is -2.30. The fraction of sp³-hybridized carbons (Fsp3) is 0.278. The van der Waals surface area contributed by atoms with Crippen LogP contribution in [-0.4, -0.2) is 20.6 Å². The van der Waals surface area contributed by atoms with E-state index in [9.17, 15) is 13.2 Å². The van der Waals surface area contributed by atoms with Gasteiger partial charge < -0.3 is 5.32 Å². The van der Waals surface area contributed by atoms with Crippen molar-refractivity contribution in [2.45, 2.75) is 26.3 Å². The molecule has 0 heterocycles. The summed E-state index contributed by atoms with van der Waals surface area (Å²) in [7, 11) is -3.48. The number of amides is 1. The third-order valence-electron chi connectivity index (χ3n) is 3.52. The van der Waals surface area contributed by atoms with E-state index in [-0.39, 0.29) is 12.3 Å². The Hall–Kier alpha value is -1.89. The Morgan fingerprint density at radius 2 is 1.64 bits per heavy atom. The van der Waals surface area contributed by atoms with E-state index in [0.29, 0.717) is 16.3 Å². The van der Waals surface area contributed by atoms with Gasteiger partial charge in [-0.1, -0.05) is 29.8 Å². The number of benzene rings is 2. The number of rotatable bonds is 6. The van der Waals surface area contributed by atoms with Gasteiger partial charge in [0.05, 0.1) is 12.3 Å². The smallest absolute Gasteiger partial charge is 0.226 e. The average molecular weight is 381 g/mol. The molecule has 2 aromatic rings. The van der Waals surface area contributed by atoms with Crippen LogP contribution in [0.15, 0.2) is 42.5 Å². The van der Waals surface area contributed by atoms with Gasteiger partial charge >= 0.3 is 0 Å². The molecule has 1 atom stereocenters. The van der Waals surface area contributed by atoms with Crippen molar-refractivity contribution in [2.75, 3.05) is 11.6 Å². The van der Waals surface area contributed by atoms with Crippen LogP contribution < -0.4 is 10.0 Å². The number of nitrogens with one attached hydrogen (secondary N) is 2. The number of anilines is 1. The van der Waals surface area contributed by atoms with Gasteiger partial charge in [0.1, 0.15) is 0 Å². The quantitative estimate of drug-likeness (QED) is 0.804. The normalized spacial score (nSPS) is 12.6. The van der Waals surface area contributed by atoms with Gasteiger partial charge in [0, 0.05) is 17.1 Å². The fourth-order valence-corrected chi connectivity index (χ4v) is 3.49. The molecule has 0 spiro atoms. The lowest BCUT2D eigenvalue weighted by molar-refractivity contribution is -0.116. The average Bonchev–Trinajstić information content (AvgIpc) is 2.44. The van der Waals surface area contributed by atoms with Crippen LogP contribution in [0.25, 0.3) is 0 Å². The summed E-state index contributed by atoms with van der Waals surface area (Å²) in [6, 6.07) is 11.8. The van der Waals surface area contributed by atoms with Crippen molar-refractivity contribution in [3.8, 4) is 0 Å². The lowest BCUT2D eigenvalue weighted by Gasteiger charge is -2.18. The molecule has 0 aliphatic carbocycles. The zero-order valence-corrected chi connectivity index (χ0v) is 15.9. The van der Waals surface area contributed by atoms with Gasteiger partial charge in [-0.2, -0.15) is 0 Å². The number of carbonyl (C=O) groups excluding carboxylic acids is 1. The molecule has 0 aliphatic heterocycles. The summed E-state index contributed by atoms with van der Waals surface area (Å²) in [5.41, 5.74) is 3.44. The van der Waals surface area contributed by atoms with Crippen molar-refractivity contribution in [2.24, 2.45) is 0 Å². The number of hydrogen-bond donors (Lipinski definition) is 2. The predicted molar refractivity (Wildman–Crippen MR) is 101 cm³/mol. The van der Waals surface area contributed by atoms with Gasteiger partial charge in [0.15, 0.2) is 0 Å². The first-order chi connectivity index (χ1) is 11.6. The summed E-state index contributed by atoms with van der Waals surface area (Å²) in [6.45, 7) is 3.90. The maximum absolute atomic E-state index is 12.4. The molecule has 2 rings (SSSR count). The maximum Gasteiger partial charge on any atom is 0.226 e. The number of aryl methyl sites for hydroxylation is 2. The topological polar surface area (TPSA) is 75.3 Å². The summed E-state index contributed by atoms with van der Waals surface area (Å²) >= 11 is 5.87. The van der Waals surface area contributed by atoms with E-state index in [1.165, 1.54) is 0 Å². The molecule has 0 bridgehead atoms. The highest BCUT2D eigenvalue weighted by Gasteiger charge is 2.20. The Morgan fingerprint density at radius 3 is 2.16 bits per heavy atom. The monoisotopic (exact) mass is 380 g/mol. The highest BCUT2D eigenvalue weighted by molar-refractivity contribution is 7.88. The predicted octanol–water partition coefficient (Wildman–Crippen LogP) is 3.58. The van der Waals surface area contributed by atoms with E-state index in [0.717, 1.165) is 17.4 Å². The zero-order chi connectivity index (χ0) is 18.6. The SMILES string of the molecule is Cc1cc(C)cc(NC(=O)C[C@H](NS(C)(=O)=O)c2ccc(Cl)cc2)c1. The van der Waals surface area contributed by atoms with Crippen LogP contribution >= 0.6 is 11.6 Å². The lowest BCUT2D eigenvalue weighted by atomic mass is 10.0. The third-order valence-corrected chi connectivity index (χ3v) is 4.49. The molecule has 5 nitrogen and oxygen atoms in total. The summed E-state index contributed by atoms with van der Waals surface area (Å²) in [6.07, 6.45) is 1.04. The van der Waals surface area contributed by atoms with Gasteiger partial charge in [0.2, 0.25) is 15.9 Å². The second-order valence-electron chi connectivity index (χ2n) is 6.12. The minimum atomic E-state index is -3.48. The molecule has 25 heavy (non-hydrogen) atoms. The number of carbonyl (C=O) groups is 1. The minimum Gasteiger partial charge on any atom is -0.326 e. The molecule has 134 valence electrons. The standard InChI is InChI=1S/C18H21ClN2O3S/c1-12-8-13(2)10-16(9-12)20-18(22)11-17(21-25(3,23)24)14-4-6-15(19)7-5-14/h4-10,17,21H,11H2,1-3H3,(H,20,22)/t17-/m0/s1. The molecule has 0 fully saturated rings. The zero-order valence-electron chi connectivity index (χ0n) is 14.3. The highest BCUT2D eigenvalue weighted by Crippen LogP contribution is 2.21. The first-order valence-corrected chi connectivity index (χ1v) is 10.0. The van der Waals surface area contributed by atoms with Crippen LogP contribution in [0.3, 0.4) is 0 Å². The van der Waals surface area contributed by atoms with Gasteiger partial charge in [-0.25, -0.2) is 13.1 Å². The number of hydrogen-bond acceptors (Lipinski definition) is 3. The Kier molecular flexibility index (Phi) is 6.21. The summed E-state index contributed by atoms with van der Waals surface area (Å²) in [5, 5.41) is 3.36. The molecule has 0 saturated carbocycles. The van der Waals surface area contributed by atoms with Crippen LogP contribution in [0.1, 0.15) is 29.2 Å². The van der Waals surface area contributed by atoms with Gasteiger partial charge in [-0.15, -0.1) is 0 Å². The molecule has 1 amide bonds. The van der Waals surface area contributed by atoms with E-state index in [1.807, 2.05) is 32.0 Å². The largest absolute Gasteiger partial charge is 0.326 e. The van der Waals surface area contributed by atoms with Gasteiger partial charge in [-0.05, 0) is 54.8 Å². The van der Waals surface area contributed by atoms with Crippen molar-refractivity contribution in [3.63, 3.8) is 0 Å². The maximum atomic E-state index is 12.4. The highest BCUT2D eigenvalue weighted by atomic mass is 35.5. The van der Waals surface area contributed by atoms with Crippen molar-refractivity contribution in [1.29, 1.82) is 0 Å². The Morgan fingerprint density at radius 1 is 1.08 bits per heavy atom. The molecule has 2 N–H and O–H groups in total. The van der Waals surface area contributed by atoms with E-state index in [2.05, 4.69) is 10.0 Å². The van der Waals surface area contributed by atoms with Crippen LogP contribution in [0, 0.1) is 13.8 Å². The van der Waals surface area contributed by atoms with Crippen molar-refractivity contribution in [3.05, 3.63) is 64.2 Å². The molecule has 0 aromatic heterocycles. The Balaban J connectivity index is 2.17. The molecular weight excluding hydrogens is 360 g/mol. The first-order valence-electron chi connectivity index (χ1n) is 7.73. The van der Waals surface area contributed by atoms with Crippen LogP contribution in [0.4, 0.5) is 5.69 Å². The molecule has 0 radical (unpaired) electrons. The van der Waals surface area contributed by atoms with Gasteiger partial charge in [-0.3, -0.25) is 4.79 Å². The molecule has 7 heteroatoms. The van der Waals surface area contributed by atoms with E-state index in [1.54, 1.807) is 24.3 Å². The molecule has 0 aliphatic rings. The van der Waals surface area contributed by atoms with Crippen LogP contribution in [0.5, 0.6) is 0 Å². The fourth-order valence-electron chi connectivity index (χ4n) is 2.63. The molecule has 0 unspecified atom stereocenters. The van der Waals surface area contributed by atoms with E-state index in [4.69, 9.17) is 11.6 Å². The third kappa shape index (κ3) is 6.49. The van der Waals surface area contributed by atoms with Crippen LogP contribution in [-0.2, 0) is 14.8 Å². The van der Waals surface area contributed by atoms with Crippen molar-refractivity contribution >= 4 is 33.2 Å². The second-order valence-corrected chi connectivity index (χ2v) is 8.34. The Bertz CT molecular complexity index is 844. The molecule has 2 aromatic carbocycles. The second kappa shape index (κ2) is 7.99. The first kappa shape index (κ1) is 19.4.